The van der Waals surface area contributed by atoms with Gasteiger partial charge in [0, 0.05) is 37.7 Å². The van der Waals surface area contributed by atoms with Gasteiger partial charge in [-0.1, -0.05) is 30.9 Å². The van der Waals surface area contributed by atoms with Gasteiger partial charge in [-0.25, -0.2) is 0 Å². The van der Waals surface area contributed by atoms with Gasteiger partial charge < -0.3 is 10.4 Å². The molecule has 1 saturated heterocycles. The molecule has 108 valence electrons. The minimum Gasteiger partial charge on any atom is -0.392 e. The molecule has 20 heavy (non-hydrogen) atoms. The Morgan fingerprint density at radius 2 is 2.35 bits per heavy atom. The zero-order valence-corrected chi connectivity index (χ0v) is 12.4. The largest absolute Gasteiger partial charge is 0.392 e. The number of β-amino-alcohol motifs (C(OH)–C–C–N with tert-alkyl or cyclic N) is 1. The van der Waals surface area contributed by atoms with E-state index in [2.05, 4.69) is 53.2 Å². The Kier molecular flexibility index (Phi) is 5.60. The first kappa shape index (κ1) is 15.1. The second-order valence-electron chi connectivity index (χ2n) is 5.32. The van der Waals surface area contributed by atoms with Crippen LogP contribution in [0, 0.1) is 11.8 Å². The minimum atomic E-state index is -0.158. The molecule has 1 aliphatic heterocycles. The molecule has 2 rings (SSSR count). The molecule has 0 aliphatic carbocycles. The Morgan fingerprint density at radius 3 is 3.00 bits per heavy atom. The number of hydrogen-bond acceptors (Lipinski definition) is 3. The van der Waals surface area contributed by atoms with Crippen LogP contribution >= 0.6 is 0 Å². The van der Waals surface area contributed by atoms with Gasteiger partial charge in [0.1, 0.15) is 0 Å². The molecule has 0 bridgehead atoms. The van der Waals surface area contributed by atoms with Gasteiger partial charge in [0.2, 0.25) is 0 Å². The van der Waals surface area contributed by atoms with Gasteiger partial charge in [-0.3, -0.25) is 4.90 Å². The molecular formula is C17H24N2O. The van der Waals surface area contributed by atoms with Crippen LogP contribution in [0.15, 0.2) is 24.3 Å². The molecule has 3 heteroatoms. The Morgan fingerprint density at radius 1 is 1.50 bits per heavy atom. The second kappa shape index (κ2) is 7.44. The van der Waals surface area contributed by atoms with E-state index in [1.54, 1.807) is 0 Å². The van der Waals surface area contributed by atoms with Gasteiger partial charge in [0.15, 0.2) is 0 Å². The topological polar surface area (TPSA) is 35.5 Å². The predicted octanol–water partition coefficient (Wildman–Crippen LogP) is 1.78. The summed E-state index contributed by atoms with van der Waals surface area (Å²) in [6.07, 6.45) is 1.61. The van der Waals surface area contributed by atoms with Crippen LogP contribution in [0.3, 0.4) is 0 Å². The third kappa shape index (κ3) is 4.08. The number of nitrogens with one attached hydrogen (secondary N) is 1. The molecule has 0 amide bonds. The smallest absolute Gasteiger partial charge is 0.0679 e. The van der Waals surface area contributed by atoms with E-state index in [-0.39, 0.29) is 12.1 Å². The van der Waals surface area contributed by atoms with Crippen molar-refractivity contribution < 1.29 is 5.11 Å². The Labute approximate surface area is 122 Å². The lowest BCUT2D eigenvalue weighted by atomic mass is 10.0. The summed E-state index contributed by atoms with van der Waals surface area (Å²) in [5, 5.41) is 13.0. The Balaban J connectivity index is 2.06. The van der Waals surface area contributed by atoms with E-state index >= 15 is 0 Å². The first-order valence-corrected chi connectivity index (χ1v) is 7.39. The monoisotopic (exact) mass is 272 g/mol. The maximum atomic E-state index is 9.62. The van der Waals surface area contributed by atoms with Crippen LogP contribution in [0.25, 0.3) is 0 Å². The number of rotatable bonds is 4. The molecule has 1 aromatic rings. The van der Waals surface area contributed by atoms with Crippen LogP contribution < -0.4 is 5.32 Å². The summed E-state index contributed by atoms with van der Waals surface area (Å²) in [4.78, 5) is 2.32. The van der Waals surface area contributed by atoms with E-state index in [0.717, 1.165) is 38.0 Å². The maximum absolute atomic E-state index is 9.62. The second-order valence-corrected chi connectivity index (χ2v) is 5.32. The predicted molar refractivity (Wildman–Crippen MR) is 82.5 cm³/mol. The van der Waals surface area contributed by atoms with Crippen molar-refractivity contribution in [1.29, 1.82) is 0 Å². The van der Waals surface area contributed by atoms with E-state index in [1.165, 1.54) is 5.56 Å². The lowest BCUT2D eigenvalue weighted by Gasteiger charge is -2.23. The maximum Gasteiger partial charge on any atom is 0.0679 e. The van der Waals surface area contributed by atoms with Crippen LogP contribution in [0.5, 0.6) is 0 Å². The molecule has 3 nitrogen and oxygen atoms in total. The summed E-state index contributed by atoms with van der Waals surface area (Å²) in [6, 6.07) is 8.71. The third-order valence-corrected chi connectivity index (χ3v) is 3.74. The lowest BCUT2D eigenvalue weighted by molar-refractivity contribution is 0.173. The summed E-state index contributed by atoms with van der Waals surface area (Å²) < 4.78 is 0. The first-order chi connectivity index (χ1) is 9.72. The molecule has 2 N–H and O–H groups in total. The van der Waals surface area contributed by atoms with Crippen molar-refractivity contribution in [3.63, 3.8) is 0 Å². The summed E-state index contributed by atoms with van der Waals surface area (Å²) >= 11 is 0. The molecule has 0 saturated carbocycles. The number of nitrogens with zero attached hydrogens (tertiary/aromatic N) is 1. The summed E-state index contributed by atoms with van der Waals surface area (Å²) in [5.74, 6) is 6.30. The average Bonchev–Trinajstić information content (AvgIpc) is 2.88. The highest BCUT2D eigenvalue weighted by molar-refractivity contribution is 5.38. The molecule has 0 spiro atoms. The first-order valence-electron chi connectivity index (χ1n) is 7.39. The molecule has 1 fully saturated rings. The van der Waals surface area contributed by atoms with Gasteiger partial charge >= 0.3 is 0 Å². The highest BCUT2D eigenvalue weighted by Crippen LogP contribution is 2.18. The molecule has 0 radical (unpaired) electrons. The standard InChI is InChI=1S/C17H24N2O/c1-3-4-6-14-7-5-8-15(11-14)17(18-2)13-19-10-9-16(20)12-19/h5,7-8,11,16-18,20H,3,9-10,12-13H2,1-2H3/t16-,17-/m0/s1. The Hall–Kier alpha value is -1.34. The van der Waals surface area contributed by atoms with Crippen LogP contribution in [-0.2, 0) is 0 Å². The number of aliphatic hydroxyl groups is 1. The molecule has 2 atom stereocenters. The van der Waals surface area contributed by atoms with E-state index in [4.69, 9.17) is 0 Å². The van der Waals surface area contributed by atoms with Gasteiger partial charge in [0.05, 0.1) is 6.10 Å². The van der Waals surface area contributed by atoms with E-state index < -0.39 is 0 Å². The zero-order valence-electron chi connectivity index (χ0n) is 12.4. The van der Waals surface area contributed by atoms with Crippen LogP contribution in [0.4, 0.5) is 0 Å². The molecule has 1 aromatic carbocycles. The van der Waals surface area contributed by atoms with Crippen LogP contribution in [-0.4, -0.2) is 42.8 Å². The Bertz CT molecular complexity index is 489. The number of hydrogen-bond donors (Lipinski definition) is 2. The number of benzene rings is 1. The van der Waals surface area contributed by atoms with Gasteiger partial charge in [0.25, 0.3) is 0 Å². The van der Waals surface area contributed by atoms with Gasteiger partial charge in [-0.15, -0.1) is 0 Å². The van der Waals surface area contributed by atoms with Crippen molar-refractivity contribution in [3.05, 3.63) is 35.4 Å². The zero-order chi connectivity index (χ0) is 14.4. The summed E-state index contributed by atoms with van der Waals surface area (Å²) in [5.41, 5.74) is 2.34. The van der Waals surface area contributed by atoms with E-state index in [1.807, 2.05) is 7.05 Å². The third-order valence-electron chi connectivity index (χ3n) is 3.74. The quantitative estimate of drug-likeness (QED) is 0.820. The minimum absolute atomic E-state index is 0.158. The van der Waals surface area contributed by atoms with Crippen molar-refractivity contribution in [2.75, 3.05) is 26.7 Å². The molecule has 0 aromatic heterocycles. The summed E-state index contributed by atoms with van der Waals surface area (Å²) in [7, 11) is 1.99. The molecule has 1 aliphatic rings. The van der Waals surface area contributed by atoms with Crippen LogP contribution in [0.2, 0.25) is 0 Å². The highest BCUT2D eigenvalue weighted by Gasteiger charge is 2.23. The van der Waals surface area contributed by atoms with Crippen molar-refractivity contribution in [2.45, 2.75) is 31.9 Å². The van der Waals surface area contributed by atoms with Crippen LogP contribution in [0.1, 0.15) is 36.9 Å². The highest BCUT2D eigenvalue weighted by atomic mass is 16.3. The molecule has 1 heterocycles. The molecular weight excluding hydrogens is 248 g/mol. The number of aliphatic hydroxyl groups excluding tert-OH is 1. The summed E-state index contributed by atoms with van der Waals surface area (Å²) in [6.45, 7) is 4.76. The van der Waals surface area contributed by atoms with Crippen molar-refractivity contribution in [1.82, 2.24) is 10.2 Å². The normalized spacial score (nSPS) is 20.4. The van der Waals surface area contributed by atoms with Crippen molar-refractivity contribution in [2.24, 2.45) is 0 Å². The molecule has 0 unspecified atom stereocenters. The lowest BCUT2D eigenvalue weighted by Crippen LogP contribution is -2.33. The van der Waals surface area contributed by atoms with Crippen molar-refractivity contribution in [3.8, 4) is 11.8 Å². The van der Waals surface area contributed by atoms with E-state index in [0.29, 0.717) is 0 Å². The number of likely N-dealkylation sites (tertiary alicyclic amines) is 1. The van der Waals surface area contributed by atoms with Gasteiger partial charge in [-0.2, -0.15) is 0 Å². The fourth-order valence-corrected chi connectivity index (χ4v) is 2.62. The average molecular weight is 272 g/mol. The number of likely N-dealkylation sites (N-methyl/N-ethyl adjacent to an activating group) is 1. The fourth-order valence-electron chi connectivity index (χ4n) is 2.62. The van der Waals surface area contributed by atoms with Gasteiger partial charge in [-0.05, 0) is 31.2 Å². The van der Waals surface area contributed by atoms with Crippen molar-refractivity contribution >= 4 is 0 Å². The van der Waals surface area contributed by atoms with E-state index in [9.17, 15) is 5.11 Å². The fraction of sp³-hybridized carbons (Fsp3) is 0.529. The SMILES string of the molecule is CCC#Cc1cccc([C@H](CN2CC[C@H](O)C2)NC)c1.